The fourth-order valence-electron chi connectivity index (χ4n) is 3.31. The number of halogens is 1. The fraction of sp³-hybridized carbons (Fsp3) is 0.158. The van der Waals surface area contributed by atoms with Crippen molar-refractivity contribution in [3.05, 3.63) is 59.4 Å². The number of ether oxygens (including phenoxy) is 2. The Kier molecular flexibility index (Phi) is 2.94. The van der Waals surface area contributed by atoms with Crippen LogP contribution in [-0.2, 0) is 6.42 Å². The number of carbonyl (C=O) groups is 1. The van der Waals surface area contributed by atoms with Crippen LogP contribution < -0.4 is 14.4 Å². The molecule has 0 spiro atoms. The quantitative estimate of drug-likeness (QED) is 0.684. The number of fused-ring (bicyclic) bond motifs is 3. The summed E-state index contributed by atoms with van der Waals surface area (Å²) >= 11 is 0. The Morgan fingerprint density at radius 3 is 2.88 bits per heavy atom. The zero-order chi connectivity index (χ0) is 17.0. The number of amides is 1. The molecule has 0 saturated heterocycles. The molecule has 2 aliphatic rings. The SMILES string of the molecule is O=C(c1ccc2c(c1)OCO2)N1CCc2cc3ccc(F)cc3nc21. The molecule has 3 heterocycles. The summed E-state index contributed by atoms with van der Waals surface area (Å²) in [5.41, 5.74) is 2.05. The largest absolute Gasteiger partial charge is 0.454 e. The van der Waals surface area contributed by atoms with Crippen molar-refractivity contribution in [2.24, 2.45) is 0 Å². The van der Waals surface area contributed by atoms with E-state index in [2.05, 4.69) is 4.98 Å². The van der Waals surface area contributed by atoms with Crippen molar-refractivity contribution in [2.45, 2.75) is 6.42 Å². The molecule has 5 nitrogen and oxygen atoms in total. The zero-order valence-electron chi connectivity index (χ0n) is 13.2. The Bertz CT molecular complexity index is 1030. The zero-order valence-corrected chi connectivity index (χ0v) is 13.2. The first-order chi connectivity index (χ1) is 12.2. The lowest BCUT2D eigenvalue weighted by atomic mass is 10.1. The summed E-state index contributed by atoms with van der Waals surface area (Å²) in [5, 5.41) is 0.873. The highest BCUT2D eigenvalue weighted by Crippen LogP contribution is 2.35. The monoisotopic (exact) mass is 336 g/mol. The van der Waals surface area contributed by atoms with E-state index in [9.17, 15) is 9.18 Å². The van der Waals surface area contributed by atoms with Gasteiger partial charge in [-0.15, -0.1) is 0 Å². The highest BCUT2D eigenvalue weighted by atomic mass is 19.1. The average molecular weight is 336 g/mol. The first-order valence-electron chi connectivity index (χ1n) is 8.00. The van der Waals surface area contributed by atoms with Crippen molar-refractivity contribution in [2.75, 3.05) is 18.2 Å². The van der Waals surface area contributed by atoms with Crippen LogP contribution in [0.5, 0.6) is 11.5 Å². The number of pyridine rings is 1. The molecule has 124 valence electrons. The molecule has 0 saturated carbocycles. The van der Waals surface area contributed by atoms with Crippen molar-refractivity contribution >= 4 is 22.6 Å². The molecule has 0 bridgehead atoms. The van der Waals surface area contributed by atoms with Gasteiger partial charge in [0.15, 0.2) is 11.5 Å². The third-order valence-electron chi connectivity index (χ3n) is 4.56. The van der Waals surface area contributed by atoms with E-state index in [0.29, 0.717) is 34.9 Å². The number of rotatable bonds is 1. The topological polar surface area (TPSA) is 51.7 Å². The lowest BCUT2D eigenvalue weighted by Gasteiger charge is -2.17. The Labute approximate surface area is 142 Å². The summed E-state index contributed by atoms with van der Waals surface area (Å²) in [4.78, 5) is 19.1. The molecule has 0 fully saturated rings. The van der Waals surface area contributed by atoms with E-state index < -0.39 is 0 Å². The molecule has 0 radical (unpaired) electrons. The number of hydrogen-bond acceptors (Lipinski definition) is 4. The van der Waals surface area contributed by atoms with Crippen LogP contribution in [0.25, 0.3) is 10.9 Å². The highest BCUT2D eigenvalue weighted by Gasteiger charge is 2.28. The van der Waals surface area contributed by atoms with Crippen LogP contribution in [0.4, 0.5) is 10.2 Å². The van der Waals surface area contributed by atoms with E-state index in [1.165, 1.54) is 12.1 Å². The summed E-state index contributed by atoms with van der Waals surface area (Å²) in [6, 6.07) is 11.6. The molecular formula is C19H13FN2O3. The van der Waals surface area contributed by atoms with Crippen LogP contribution in [0.15, 0.2) is 42.5 Å². The van der Waals surface area contributed by atoms with Gasteiger partial charge in [0, 0.05) is 23.6 Å². The van der Waals surface area contributed by atoms with Crippen LogP contribution in [0, 0.1) is 5.82 Å². The van der Waals surface area contributed by atoms with Gasteiger partial charge in [-0.1, -0.05) is 0 Å². The predicted molar refractivity (Wildman–Crippen MR) is 89.6 cm³/mol. The fourth-order valence-corrected chi connectivity index (χ4v) is 3.31. The van der Waals surface area contributed by atoms with E-state index in [1.54, 1.807) is 29.2 Å². The van der Waals surface area contributed by atoms with Crippen LogP contribution in [-0.4, -0.2) is 24.2 Å². The molecule has 3 aromatic rings. The molecule has 2 aromatic carbocycles. The maximum Gasteiger partial charge on any atom is 0.259 e. The highest BCUT2D eigenvalue weighted by molar-refractivity contribution is 6.07. The van der Waals surface area contributed by atoms with Gasteiger partial charge < -0.3 is 9.47 Å². The lowest BCUT2D eigenvalue weighted by Crippen LogP contribution is -2.29. The van der Waals surface area contributed by atoms with Gasteiger partial charge in [0.05, 0.1) is 5.52 Å². The van der Waals surface area contributed by atoms with E-state index in [1.807, 2.05) is 6.07 Å². The van der Waals surface area contributed by atoms with Crippen LogP contribution in [0.3, 0.4) is 0 Å². The molecule has 6 heteroatoms. The molecule has 0 atom stereocenters. The smallest absolute Gasteiger partial charge is 0.259 e. The van der Waals surface area contributed by atoms with Gasteiger partial charge in [-0.25, -0.2) is 9.37 Å². The number of nitrogens with zero attached hydrogens (tertiary/aromatic N) is 2. The first kappa shape index (κ1) is 14.2. The molecule has 25 heavy (non-hydrogen) atoms. The van der Waals surface area contributed by atoms with Crippen LogP contribution >= 0.6 is 0 Å². The molecule has 2 aliphatic heterocycles. The van der Waals surface area contributed by atoms with Crippen LogP contribution in [0.2, 0.25) is 0 Å². The Morgan fingerprint density at radius 1 is 1.08 bits per heavy atom. The van der Waals surface area contributed by atoms with Crippen molar-refractivity contribution in [1.29, 1.82) is 0 Å². The van der Waals surface area contributed by atoms with E-state index in [4.69, 9.17) is 9.47 Å². The maximum atomic E-state index is 13.5. The minimum atomic E-state index is -0.341. The van der Waals surface area contributed by atoms with Gasteiger partial charge in [0.1, 0.15) is 11.6 Å². The molecule has 0 N–H and O–H groups in total. The Hall–Kier alpha value is -3.15. The van der Waals surface area contributed by atoms with Gasteiger partial charge in [-0.05, 0) is 48.4 Å². The van der Waals surface area contributed by atoms with Gasteiger partial charge >= 0.3 is 0 Å². The second-order valence-corrected chi connectivity index (χ2v) is 6.08. The molecular weight excluding hydrogens is 323 g/mol. The average Bonchev–Trinajstić information content (AvgIpc) is 3.25. The molecule has 0 unspecified atom stereocenters. The van der Waals surface area contributed by atoms with Gasteiger partial charge in [0.2, 0.25) is 6.79 Å². The van der Waals surface area contributed by atoms with E-state index >= 15 is 0 Å². The van der Waals surface area contributed by atoms with Gasteiger partial charge in [-0.2, -0.15) is 0 Å². The summed E-state index contributed by atoms with van der Waals surface area (Å²) < 4.78 is 24.1. The molecule has 1 aromatic heterocycles. The second kappa shape index (κ2) is 5.17. The molecule has 0 aliphatic carbocycles. The number of carbonyl (C=O) groups excluding carboxylic acids is 1. The standard InChI is InChI=1S/C19H13FN2O3/c20-14-3-1-11-7-12-5-6-22(18(12)21-15(11)9-14)19(23)13-2-4-16-17(8-13)25-10-24-16/h1-4,7-9H,5-6,10H2. The minimum absolute atomic E-state index is 0.152. The van der Waals surface area contributed by atoms with Crippen molar-refractivity contribution in [3.8, 4) is 11.5 Å². The number of aromatic nitrogens is 1. The predicted octanol–water partition coefficient (Wildman–Crippen LogP) is 3.31. The Balaban J connectivity index is 1.55. The van der Waals surface area contributed by atoms with E-state index in [-0.39, 0.29) is 18.5 Å². The van der Waals surface area contributed by atoms with Crippen LogP contribution in [0.1, 0.15) is 15.9 Å². The van der Waals surface area contributed by atoms with Crippen molar-refractivity contribution < 1.29 is 18.7 Å². The van der Waals surface area contributed by atoms with Gasteiger partial charge in [-0.3, -0.25) is 9.69 Å². The Morgan fingerprint density at radius 2 is 1.96 bits per heavy atom. The lowest BCUT2D eigenvalue weighted by molar-refractivity contribution is 0.0988. The summed E-state index contributed by atoms with van der Waals surface area (Å²) in [6.07, 6.45) is 0.728. The molecule has 5 rings (SSSR count). The first-order valence-corrected chi connectivity index (χ1v) is 8.00. The summed E-state index contributed by atoms with van der Waals surface area (Å²) in [6.45, 7) is 0.715. The summed E-state index contributed by atoms with van der Waals surface area (Å²) in [5.74, 6) is 1.31. The third kappa shape index (κ3) is 2.21. The van der Waals surface area contributed by atoms with Gasteiger partial charge in [0.25, 0.3) is 5.91 Å². The summed E-state index contributed by atoms with van der Waals surface area (Å²) in [7, 11) is 0. The third-order valence-corrected chi connectivity index (χ3v) is 4.56. The second-order valence-electron chi connectivity index (χ2n) is 6.08. The van der Waals surface area contributed by atoms with E-state index in [0.717, 1.165) is 17.4 Å². The minimum Gasteiger partial charge on any atom is -0.454 e. The van der Waals surface area contributed by atoms with Crippen molar-refractivity contribution in [3.63, 3.8) is 0 Å². The molecule has 1 amide bonds. The maximum absolute atomic E-state index is 13.5. The number of hydrogen-bond donors (Lipinski definition) is 0. The normalized spacial score (nSPS) is 14.8. The number of anilines is 1. The van der Waals surface area contributed by atoms with Crippen molar-refractivity contribution in [1.82, 2.24) is 4.98 Å². The number of benzene rings is 2.